The van der Waals surface area contributed by atoms with Gasteiger partial charge in [-0.2, -0.15) is 0 Å². The Labute approximate surface area is 175 Å². The van der Waals surface area contributed by atoms with E-state index < -0.39 is 0 Å². The van der Waals surface area contributed by atoms with Crippen LogP contribution in [0.5, 0.6) is 0 Å². The van der Waals surface area contributed by atoms with Crippen LogP contribution in [0.3, 0.4) is 0 Å². The topological polar surface area (TPSA) is 56.8 Å². The molecule has 3 heterocycles. The number of rotatable bonds is 6. The lowest BCUT2D eigenvalue weighted by Crippen LogP contribution is -2.55. The molecule has 3 aliphatic heterocycles. The Morgan fingerprint density at radius 2 is 1.93 bits per heavy atom. The van der Waals surface area contributed by atoms with E-state index in [0.29, 0.717) is 30.7 Å². The fraction of sp³-hybridized carbons (Fsp3) is 0.696. The highest BCUT2D eigenvalue weighted by Gasteiger charge is 2.40. The SMILES string of the molecule is CC(CNC(=O)NC1CC2CCC(C1)N2Cc1ccccc1)N1CCOCC1C. The highest BCUT2D eigenvalue weighted by atomic mass is 16.5. The summed E-state index contributed by atoms with van der Waals surface area (Å²) in [5.41, 5.74) is 1.39. The summed E-state index contributed by atoms with van der Waals surface area (Å²) < 4.78 is 5.51. The maximum Gasteiger partial charge on any atom is 0.315 e. The molecular weight excluding hydrogens is 364 g/mol. The smallest absolute Gasteiger partial charge is 0.315 e. The molecule has 160 valence electrons. The maximum atomic E-state index is 12.5. The molecule has 6 heteroatoms. The van der Waals surface area contributed by atoms with Gasteiger partial charge in [-0.05, 0) is 45.1 Å². The first-order valence-electron chi connectivity index (χ1n) is 11.3. The third-order valence-electron chi connectivity index (χ3n) is 6.97. The Morgan fingerprint density at radius 1 is 1.21 bits per heavy atom. The molecule has 3 fully saturated rings. The zero-order valence-corrected chi connectivity index (χ0v) is 17.8. The molecule has 2 amide bonds. The highest BCUT2D eigenvalue weighted by Crippen LogP contribution is 2.36. The van der Waals surface area contributed by atoms with Gasteiger partial charge in [-0.3, -0.25) is 9.80 Å². The number of ether oxygens (including phenoxy) is 1. The van der Waals surface area contributed by atoms with Gasteiger partial charge in [0, 0.05) is 49.8 Å². The van der Waals surface area contributed by atoms with E-state index in [0.717, 1.165) is 39.1 Å². The molecule has 6 nitrogen and oxygen atoms in total. The lowest BCUT2D eigenvalue weighted by Gasteiger charge is -2.39. The van der Waals surface area contributed by atoms with Crippen molar-refractivity contribution in [2.24, 2.45) is 0 Å². The van der Waals surface area contributed by atoms with Gasteiger partial charge in [-0.1, -0.05) is 30.3 Å². The molecule has 1 aromatic rings. The van der Waals surface area contributed by atoms with Gasteiger partial charge in [-0.15, -0.1) is 0 Å². The van der Waals surface area contributed by atoms with Crippen LogP contribution in [-0.4, -0.2) is 72.3 Å². The van der Waals surface area contributed by atoms with Crippen LogP contribution >= 0.6 is 0 Å². The quantitative estimate of drug-likeness (QED) is 0.771. The number of fused-ring (bicyclic) bond motifs is 2. The van der Waals surface area contributed by atoms with Gasteiger partial charge in [0.15, 0.2) is 0 Å². The number of benzene rings is 1. The first-order valence-corrected chi connectivity index (χ1v) is 11.3. The van der Waals surface area contributed by atoms with Gasteiger partial charge in [0.25, 0.3) is 0 Å². The van der Waals surface area contributed by atoms with Crippen LogP contribution < -0.4 is 10.6 Å². The van der Waals surface area contributed by atoms with Crippen molar-refractivity contribution in [3.05, 3.63) is 35.9 Å². The van der Waals surface area contributed by atoms with Crippen molar-refractivity contribution in [3.63, 3.8) is 0 Å². The van der Waals surface area contributed by atoms with Crippen LogP contribution in [-0.2, 0) is 11.3 Å². The molecule has 0 aliphatic carbocycles. The Hall–Kier alpha value is -1.63. The first kappa shape index (κ1) is 20.6. The summed E-state index contributed by atoms with van der Waals surface area (Å²) in [4.78, 5) is 17.6. The first-order chi connectivity index (χ1) is 14.1. The average Bonchev–Trinajstić information content (AvgIpc) is 2.95. The number of carbonyl (C=O) groups excluding carboxylic acids is 1. The van der Waals surface area contributed by atoms with Gasteiger partial charge in [-0.25, -0.2) is 4.79 Å². The fourth-order valence-electron chi connectivity index (χ4n) is 5.43. The Kier molecular flexibility index (Phi) is 6.73. The molecule has 4 rings (SSSR count). The molecule has 0 aromatic heterocycles. The van der Waals surface area contributed by atoms with Crippen molar-refractivity contribution >= 4 is 6.03 Å². The molecule has 29 heavy (non-hydrogen) atoms. The van der Waals surface area contributed by atoms with E-state index >= 15 is 0 Å². The molecule has 3 aliphatic rings. The van der Waals surface area contributed by atoms with Gasteiger partial charge in [0.05, 0.1) is 13.2 Å². The molecule has 0 spiro atoms. The molecule has 0 radical (unpaired) electrons. The predicted octanol–water partition coefficient (Wildman–Crippen LogP) is 2.59. The molecule has 4 unspecified atom stereocenters. The summed E-state index contributed by atoms with van der Waals surface area (Å²) in [6, 6.07) is 12.9. The van der Waals surface area contributed by atoms with Gasteiger partial charge >= 0.3 is 6.03 Å². The van der Waals surface area contributed by atoms with E-state index in [1.54, 1.807) is 0 Å². The minimum atomic E-state index is -0.0151. The van der Waals surface area contributed by atoms with Crippen LogP contribution in [0.2, 0.25) is 0 Å². The minimum absolute atomic E-state index is 0.0151. The summed E-state index contributed by atoms with van der Waals surface area (Å²) >= 11 is 0. The molecule has 2 bridgehead atoms. The van der Waals surface area contributed by atoms with E-state index in [1.165, 1.54) is 18.4 Å². The molecule has 2 N–H and O–H groups in total. The molecule has 4 atom stereocenters. The Morgan fingerprint density at radius 3 is 2.62 bits per heavy atom. The van der Waals surface area contributed by atoms with E-state index in [1.807, 2.05) is 0 Å². The summed E-state index contributed by atoms with van der Waals surface area (Å²) in [5.74, 6) is 0. The third-order valence-corrected chi connectivity index (χ3v) is 6.97. The summed E-state index contributed by atoms with van der Waals surface area (Å²) in [6.07, 6.45) is 4.63. The standard InChI is InChI=1S/C23H36N4O2/c1-17(26-10-11-29-16-18(26)2)14-24-23(28)25-20-12-21-8-9-22(13-20)27(21)15-19-6-4-3-5-7-19/h3-7,17-18,20-22H,8-16H2,1-2H3,(H2,24,25,28). The number of amides is 2. The van der Waals surface area contributed by atoms with Gasteiger partial charge in [0.2, 0.25) is 0 Å². The van der Waals surface area contributed by atoms with Crippen LogP contribution in [0.25, 0.3) is 0 Å². The van der Waals surface area contributed by atoms with E-state index in [9.17, 15) is 4.79 Å². The molecular formula is C23H36N4O2. The van der Waals surface area contributed by atoms with Gasteiger partial charge in [0.1, 0.15) is 0 Å². The normalized spacial score (nSPS) is 31.4. The fourth-order valence-corrected chi connectivity index (χ4v) is 5.43. The van der Waals surface area contributed by atoms with Gasteiger partial charge < -0.3 is 15.4 Å². The van der Waals surface area contributed by atoms with Crippen molar-refractivity contribution in [2.45, 2.75) is 76.3 Å². The van der Waals surface area contributed by atoms with E-state index in [2.05, 4.69) is 64.6 Å². The number of piperidine rings is 1. The second-order valence-electron chi connectivity index (χ2n) is 9.08. The van der Waals surface area contributed by atoms with Crippen LogP contribution in [0.4, 0.5) is 4.79 Å². The molecule has 0 saturated carbocycles. The minimum Gasteiger partial charge on any atom is -0.379 e. The lowest BCUT2D eigenvalue weighted by atomic mass is 9.96. The molecule has 1 aromatic carbocycles. The maximum absolute atomic E-state index is 12.5. The van der Waals surface area contributed by atoms with Crippen molar-refractivity contribution in [1.29, 1.82) is 0 Å². The van der Waals surface area contributed by atoms with Crippen LogP contribution in [0, 0.1) is 0 Å². The second kappa shape index (κ2) is 9.45. The van der Waals surface area contributed by atoms with Crippen LogP contribution in [0.15, 0.2) is 30.3 Å². The summed E-state index contributed by atoms with van der Waals surface area (Å²) in [6.45, 7) is 8.58. The van der Waals surface area contributed by atoms with Crippen molar-refractivity contribution in [1.82, 2.24) is 20.4 Å². The number of nitrogens with one attached hydrogen (secondary N) is 2. The third kappa shape index (κ3) is 5.11. The highest BCUT2D eigenvalue weighted by molar-refractivity contribution is 5.74. The predicted molar refractivity (Wildman–Crippen MR) is 115 cm³/mol. The Balaban J connectivity index is 1.22. The van der Waals surface area contributed by atoms with Crippen molar-refractivity contribution in [3.8, 4) is 0 Å². The summed E-state index contributed by atoms with van der Waals surface area (Å²) in [5, 5.41) is 6.36. The van der Waals surface area contributed by atoms with Crippen LogP contribution in [0.1, 0.15) is 45.1 Å². The number of morpholine rings is 1. The molecule has 3 saturated heterocycles. The van der Waals surface area contributed by atoms with Crippen molar-refractivity contribution in [2.75, 3.05) is 26.3 Å². The number of nitrogens with zero attached hydrogens (tertiary/aromatic N) is 2. The second-order valence-corrected chi connectivity index (χ2v) is 9.08. The number of hydrogen-bond donors (Lipinski definition) is 2. The van der Waals surface area contributed by atoms with E-state index in [-0.39, 0.29) is 12.1 Å². The van der Waals surface area contributed by atoms with Crippen molar-refractivity contribution < 1.29 is 9.53 Å². The summed E-state index contributed by atoms with van der Waals surface area (Å²) in [7, 11) is 0. The largest absolute Gasteiger partial charge is 0.379 e. The zero-order valence-electron chi connectivity index (χ0n) is 17.8. The number of carbonyl (C=O) groups is 1. The lowest BCUT2D eigenvalue weighted by molar-refractivity contribution is -0.0176. The number of urea groups is 1. The van der Waals surface area contributed by atoms with E-state index in [4.69, 9.17) is 4.74 Å². The zero-order chi connectivity index (χ0) is 20.2. The monoisotopic (exact) mass is 400 g/mol. The number of hydrogen-bond acceptors (Lipinski definition) is 4. The Bertz CT molecular complexity index is 656. The average molecular weight is 401 g/mol.